The molecule has 2 aromatic carbocycles. The number of nitrogens with zero attached hydrogens (tertiary/aromatic N) is 2. The van der Waals surface area contributed by atoms with Crippen molar-refractivity contribution in [2.75, 3.05) is 13.1 Å². The van der Waals surface area contributed by atoms with Crippen molar-refractivity contribution in [1.29, 1.82) is 0 Å². The standard InChI is InChI=1S/C30H36N4O4/c35-27-20-23(18-21-10-3-1-4-11-21)31-28(36)25-14-7-8-16-33(25)30(38)26-15-9-17-34(26)29(37)24(32-27)19-22-12-5-2-6-13-22/h1-6,10-13,23-26H,7-9,14-20H2,(H,31,36)(H,32,35). The smallest absolute Gasteiger partial charge is 0.246 e. The van der Waals surface area contributed by atoms with E-state index in [9.17, 15) is 19.2 Å². The molecule has 8 nitrogen and oxygen atoms in total. The first kappa shape index (κ1) is 25.9. The fourth-order valence-electron chi connectivity index (χ4n) is 6.04. The number of benzene rings is 2. The molecule has 4 amide bonds. The maximum absolute atomic E-state index is 13.9. The predicted molar refractivity (Wildman–Crippen MR) is 143 cm³/mol. The molecule has 5 rings (SSSR count). The van der Waals surface area contributed by atoms with Gasteiger partial charge in [-0.2, -0.15) is 0 Å². The number of carbonyl (C=O) groups excluding carboxylic acids is 4. The summed E-state index contributed by atoms with van der Waals surface area (Å²) in [7, 11) is 0. The minimum absolute atomic E-state index is 0.0449. The van der Waals surface area contributed by atoms with Crippen molar-refractivity contribution in [2.45, 2.75) is 75.5 Å². The summed E-state index contributed by atoms with van der Waals surface area (Å²) >= 11 is 0. The summed E-state index contributed by atoms with van der Waals surface area (Å²) in [6.45, 7) is 0.973. The maximum Gasteiger partial charge on any atom is 0.246 e. The normalized spacial score (nSPS) is 26.8. The summed E-state index contributed by atoms with van der Waals surface area (Å²) in [6.07, 6.45) is 4.43. The number of rotatable bonds is 4. The van der Waals surface area contributed by atoms with Crippen LogP contribution in [0.4, 0.5) is 0 Å². The molecule has 0 aromatic heterocycles. The number of piperidine rings is 1. The van der Waals surface area contributed by atoms with Crippen molar-refractivity contribution < 1.29 is 19.2 Å². The molecule has 200 valence electrons. The van der Waals surface area contributed by atoms with E-state index < -0.39 is 24.2 Å². The van der Waals surface area contributed by atoms with Gasteiger partial charge in [0, 0.05) is 32.0 Å². The number of amides is 4. The number of fused-ring (bicyclic) bond motifs is 2. The molecule has 0 radical (unpaired) electrons. The van der Waals surface area contributed by atoms with Gasteiger partial charge in [-0.15, -0.1) is 0 Å². The van der Waals surface area contributed by atoms with E-state index in [-0.39, 0.29) is 30.0 Å². The monoisotopic (exact) mass is 516 g/mol. The molecule has 0 saturated carbocycles. The van der Waals surface area contributed by atoms with Gasteiger partial charge in [-0.05, 0) is 49.7 Å². The molecule has 3 heterocycles. The first-order chi connectivity index (χ1) is 18.5. The van der Waals surface area contributed by atoms with E-state index in [1.54, 1.807) is 9.80 Å². The Morgan fingerprint density at radius 2 is 1.26 bits per heavy atom. The molecule has 38 heavy (non-hydrogen) atoms. The number of hydrogen-bond acceptors (Lipinski definition) is 4. The molecule has 3 fully saturated rings. The van der Waals surface area contributed by atoms with Crippen LogP contribution < -0.4 is 10.6 Å². The lowest BCUT2D eigenvalue weighted by Gasteiger charge is -2.38. The Balaban J connectivity index is 1.48. The average molecular weight is 517 g/mol. The second-order valence-corrected chi connectivity index (χ2v) is 10.6. The molecule has 3 aliphatic heterocycles. The topological polar surface area (TPSA) is 98.8 Å². The Morgan fingerprint density at radius 3 is 1.97 bits per heavy atom. The molecule has 0 aliphatic carbocycles. The average Bonchev–Trinajstić information content (AvgIpc) is 3.42. The van der Waals surface area contributed by atoms with E-state index in [0.717, 1.165) is 30.4 Å². The van der Waals surface area contributed by atoms with Crippen molar-refractivity contribution in [3.63, 3.8) is 0 Å². The second kappa shape index (κ2) is 11.8. The van der Waals surface area contributed by atoms with Crippen LogP contribution in [-0.4, -0.2) is 70.7 Å². The second-order valence-electron chi connectivity index (χ2n) is 10.6. The van der Waals surface area contributed by atoms with Gasteiger partial charge in [0.15, 0.2) is 0 Å². The summed E-state index contributed by atoms with van der Waals surface area (Å²) in [5, 5.41) is 6.07. The molecule has 4 unspecified atom stereocenters. The van der Waals surface area contributed by atoms with E-state index in [2.05, 4.69) is 10.6 Å². The minimum atomic E-state index is -0.788. The Hall–Kier alpha value is -3.68. The molecule has 0 bridgehead atoms. The summed E-state index contributed by atoms with van der Waals surface area (Å²) < 4.78 is 0. The van der Waals surface area contributed by atoms with Gasteiger partial charge in [-0.1, -0.05) is 60.7 Å². The molecule has 8 heteroatoms. The summed E-state index contributed by atoms with van der Waals surface area (Å²) in [4.78, 5) is 57.9. The van der Waals surface area contributed by atoms with Crippen molar-refractivity contribution >= 4 is 23.6 Å². The van der Waals surface area contributed by atoms with Crippen LogP contribution in [0.1, 0.15) is 49.7 Å². The molecule has 2 aromatic rings. The molecular weight excluding hydrogens is 480 g/mol. The zero-order valence-electron chi connectivity index (χ0n) is 21.7. The van der Waals surface area contributed by atoms with Crippen LogP contribution in [0.15, 0.2) is 60.7 Å². The van der Waals surface area contributed by atoms with Gasteiger partial charge in [0.25, 0.3) is 0 Å². The van der Waals surface area contributed by atoms with Crippen LogP contribution in [0.2, 0.25) is 0 Å². The number of nitrogens with one attached hydrogen (secondary N) is 2. The number of hydrogen-bond donors (Lipinski definition) is 2. The van der Waals surface area contributed by atoms with E-state index in [1.807, 2.05) is 60.7 Å². The van der Waals surface area contributed by atoms with Gasteiger partial charge in [-0.25, -0.2) is 0 Å². The Labute approximate surface area is 223 Å². The van der Waals surface area contributed by atoms with Gasteiger partial charge in [0.2, 0.25) is 23.6 Å². The predicted octanol–water partition coefficient (Wildman–Crippen LogP) is 2.22. The SMILES string of the molecule is O=C1CC(Cc2ccccc2)NC(=O)C2CCCCN2C(=O)C2CCCN2C(=O)C(Cc2ccccc2)N1. The molecule has 2 N–H and O–H groups in total. The van der Waals surface area contributed by atoms with E-state index in [4.69, 9.17) is 0 Å². The molecule has 3 aliphatic rings. The van der Waals surface area contributed by atoms with E-state index >= 15 is 0 Å². The third kappa shape index (κ3) is 5.90. The largest absolute Gasteiger partial charge is 0.351 e. The van der Waals surface area contributed by atoms with Gasteiger partial charge in [-0.3, -0.25) is 19.2 Å². The van der Waals surface area contributed by atoms with Gasteiger partial charge in [0.05, 0.1) is 0 Å². The molecule has 4 atom stereocenters. The number of carbonyl (C=O) groups is 4. The van der Waals surface area contributed by atoms with Crippen LogP contribution in [0.5, 0.6) is 0 Å². The van der Waals surface area contributed by atoms with Crippen LogP contribution in [0.25, 0.3) is 0 Å². The molecule has 0 spiro atoms. The van der Waals surface area contributed by atoms with Crippen molar-refractivity contribution in [2.24, 2.45) is 0 Å². The third-order valence-corrected chi connectivity index (χ3v) is 7.93. The van der Waals surface area contributed by atoms with Crippen LogP contribution in [0, 0.1) is 0 Å². The maximum atomic E-state index is 13.9. The minimum Gasteiger partial charge on any atom is -0.351 e. The van der Waals surface area contributed by atoms with Crippen LogP contribution >= 0.6 is 0 Å². The Bertz CT molecular complexity index is 1160. The van der Waals surface area contributed by atoms with E-state index in [1.165, 1.54) is 0 Å². The first-order valence-corrected chi connectivity index (χ1v) is 13.8. The van der Waals surface area contributed by atoms with E-state index in [0.29, 0.717) is 38.8 Å². The quantitative estimate of drug-likeness (QED) is 0.651. The first-order valence-electron chi connectivity index (χ1n) is 13.8. The highest BCUT2D eigenvalue weighted by atomic mass is 16.2. The van der Waals surface area contributed by atoms with Crippen molar-refractivity contribution in [3.05, 3.63) is 71.8 Å². The highest BCUT2D eigenvalue weighted by Gasteiger charge is 2.43. The molecular formula is C30H36N4O4. The summed E-state index contributed by atoms with van der Waals surface area (Å²) in [5.74, 6) is -0.894. The summed E-state index contributed by atoms with van der Waals surface area (Å²) in [6, 6.07) is 16.9. The van der Waals surface area contributed by atoms with Crippen LogP contribution in [-0.2, 0) is 32.0 Å². The highest BCUT2D eigenvalue weighted by Crippen LogP contribution is 2.26. The van der Waals surface area contributed by atoms with Gasteiger partial charge in [0.1, 0.15) is 18.1 Å². The lowest BCUT2D eigenvalue weighted by molar-refractivity contribution is -0.150. The Morgan fingerprint density at radius 1 is 0.658 bits per heavy atom. The highest BCUT2D eigenvalue weighted by molar-refractivity contribution is 5.95. The summed E-state index contributed by atoms with van der Waals surface area (Å²) in [5.41, 5.74) is 1.94. The lowest BCUT2D eigenvalue weighted by atomic mass is 9.98. The fraction of sp³-hybridized carbons (Fsp3) is 0.467. The van der Waals surface area contributed by atoms with Crippen molar-refractivity contribution in [3.8, 4) is 0 Å². The Kier molecular flexibility index (Phi) is 8.05. The van der Waals surface area contributed by atoms with Crippen molar-refractivity contribution in [1.82, 2.24) is 20.4 Å². The molecule has 3 saturated heterocycles. The lowest BCUT2D eigenvalue weighted by Crippen LogP contribution is -2.58. The van der Waals surface area contributed by atoms with Gasteiger partial charge >= 0.3 is 0 Å². The van der Waals surface area contributed by atoms with Crippen LogP contribution in [0.3, 0.4) is 0 Å². The zero-order valence-corrected chi connectivity index (χ0v) is 21.7. The zero-order chi connectivity index (χ0) is 26.5. The third-order valence-electron chi connectivity index (χ3n) is 7.93. The fourth-order valence-corrected chi connectivity index (χ4v) is 6.04. The van der Waals surface area contributed by atoms with Gasteiger partial charge < -0.3 is 20.4 Å².